The number of nitrogens with one attached hydrogen (secondary N) is 1. The van der Waals surface area contributed by atoms with Gasteiger partial charge in [0.05, 0.1) is 0 Å². The second-order valence-corrected chi connectivity index (χ2v) is 5.39. The van der Waals surface area contributed by atoms with E-state index in [1.807, 2.05) is 37.6 Å². The van der Waals surface area contributed by atoms with Crippen molar-refractivity contribution in [3.05, 3.63) is 47.8 Å². The number of aromatic nitrogens is 1. The molecular formula is C17H22N2O. The van der Waals surface area contributed by atoms with E-state index in [1.54, 1.807) is 0 Å². The molecule has 0 saturated carbocycles. The average Bonchev–Trinajstić information content (AvgIpc) is 2.83. The van der Waals surface area contributed by atoms with Crippen molar-refractivity contribution in [3.63, 3.8) is 0 Å². The van der Waals surface area contributed by atoms with Crippen molar-refractivity contribution in [2.75, 3.05) is 0 Å². The van der Waals surface area contributed by atoms with Gasteiger partial charge in [-0.15, -0.1) is 0 Å². The number of amides is 1. The third kappa shape index (κ3) is 3.10. The highest BCUT2D eigenvalue weighted by molar-refractivity contribution is 5.94. The maximum absolute atomic E-state index is 12.2. The number of hydrogen-bond acceptors (Lipinski definition) is 1. The van der Waals surface area contributed by atoms with Gasteiger partial charge in [0.1, 0.15) is 5.69 Å². The summed E-state index contributed by atoms with van der Waals surface area (Å²) in [5.74, 6) is -0.0137. The number of hydrogen-bond donors (Lipinski definition) is 1. The molecule has 1 aromatic carbocycles. The third-order valence-corrected chi connectivity index (χ3v) is 3.27. The molecule has 0 bridgehead atoms. The molecule has 1 aromatic heterocycles. The summed E-state index contributed by atoms with van der Waals surface area (Å²) < 4.78 is 1.99. The number of nitrogens with zero attached hydrogens (tertiary/aromatic N) is 1. The maximum Gasteiger partial charge on any atom is 0.268 e. The van der Waals surface area contributed by atoms with Crippen LogP contribution in [0.25, 0.3) is 11.1 Å². The van der Waals surface area contributed by atoms with Gasteiger partial charge in [0.25, 0.3) is 5.91 Å². The molecule has 0 aliphatic heterocycles. The van der Waals surface area contributed by atoms with Crippen molar-refractivity contribution in [1.82, 2.24) is 9.88 Å². The molecule has 3 nitrogen and oxygen atoms in total. The summed E-state index contributed by atoms with van der Waals surface area (Å²) in [5, 5.41) is 2.95. The Hall–Kier alpha value is -2.03. The van der Waals surface area contributed by atoms with Gasteiger partial charge in [0.2, 0.25) is 0 Å². The fraction of sp³-hybridized carbons (Fsp3) is 0.353. The largest absolute Gasteiger partial charge is 0.349 e. The minimum atomic E-state index is -0.0137. The molecule has 106 valence electrons. The molecule has 0 aliphatic rings. The van der Waals surface area contributed by atoms with E-state index in [1.165, 1.54) is 5.56 Å². The minimum Gasteiger partial charge on any atom is -0.349 e. The molecule has 2 rings (SSSR count). The van der Waals surface area contributed by atoms with Crippen molar-refractivity contribution in [2.45, 2.75) is 40.3 Å². The lowest BCUT2D eigenvalue weighted by Gasteiger charge is -2.09. The van der Waals surface area contributed by atoms with Crippen molar-refractivity contribution < 1.29 is 4.79 Å². The molecule has 2 aromatic rings. The molecular weight excluding hydrogens is 248 g/mol. The number of carbonyl (C=O) groups excluding carboxylic acids is 1. The Morgan fingerprint density at radius 2 is 1.85 bits per heavy atom. The highest BCUT2D eigenvalue weighted by Crippen LogP contribution is 2.23. The van der Waals surface area contributed by atoms with Crippen LogP contribution in [0.1, 0.15) is 36.8 Å². The monoisotopic (exact) mass is 270 g/mol. The topological polar surface area (TPSA) is 34.0 Å². The van der Waals surface area contributed by atoms with E-state index in [4.69, 9.17) is 0 Å². The standard InChI is InChI=1S/C17H22N2O/c1-5-19-11-15(14-8-6-13(4)7-9-14)10-16(19)17(20)18-12(2)3/h6-12H,5H2,1-4H3,(H,18,20). The van der Waals surface area contributed by atoms with Gasteiger partial charge in [-0.2, -0.15) is 0 Å². The Labute approximate surface area is 120 Å². The van der Waals surface area contributed by atoms with Gasteiger partial charge in [-0.3, -0.25) is 4.79 Å². The van der Waals surface area contributed by atoms with Crippen molar-refractivity contribution in [2.24, 2.45) is 0 Å². The summed E-state index contributed by atoms with van der Waals surface area (Å²) in [6.45, 7) is 8.84. The second kappa shape index (κ2) is 5.95. The fourth-order valence-corrected chi connectivity index (χ4v) is 2.20. The lowest BCUT2D eigenvalue weighted by molar-refractivity contribution is 0.0934. The molecule has 0 fully saturated rings. The Morgan fingerprint density at radius 3 is 2.40 bits per heavy atom. The van der Waals surface area contributed by atoms with Crippen molar-refractivity contribution in [1.29, 1.82) is 0 Å². The predicted molar refractivity (Wildman–Crippen MR) is 82.9 cm³/mol. The number of aryl methyl sites for hydroxylation is 2. The summed E-state index contributed by atoms with van der Waals surface area (Å²) in [6.07, 6.45) is 2.04. The summed E-state index contributed by atoms with van der Waals surface area (Å²) >= 11 is 0. The van der Waals surface area contributed by atoms with Gasteiger partial charge >= 0.3 is 0 Å². The second-order valence-electron chi connectivity index (χ2n) is 5.39. The van der Waals surface area contributed by atoms with Crippen LogP contribution in [-0.4, -0.2) is 16.5 Å². The molecule has 0 saturated heterocycles. The maximum atomic E-state index is 12.2. The number of benzene rings is 1. The van der Waals surface area contributed by atoms with Crippen LogP contribution in [-0.2, 0) is 6.54 Å². The van der Waals surface area contributed by atoms with Gasteiger partial charge < -0.3 is 9.88 Å². The van der Waals surface area contributed by atoms with Gasteiger partial charge in [-0.05, 0) is 39.3 Å². The molecule has 0 unspecified atom stereocenters. The zero-order chi connectivity index (χ0) is 14.7. The summed E-state index contributed by atoms with van der Waals surface area (Å²) in [5.41, 5.74) is 4.18. The molecule has 3 heteroatoms. The first-order chi connectivity index (χ1) is 9.51. The Morgan fingerprint density at radius 1 is 1.20 bits per heavy atom. The zero-order valence-electron chi connectivity index (χ0n) is 12.6. The smallest absolute Gasteiger partial charge is 0.268 e. The molecule has 0 spiro atoms. The first kappa shape index (κ1) is 14.4. The Balaban J connectivity index is 2.35. The predicted octanol–water partition coefficient (Wildman–Crippen LogP) is 3.62. The van der Waals surface area contributed by atoms with Crippen LogP contribution in [0.2, 0.25) is 0 Å². The minimum absolute atomic E-state index is 0.0137. The molecule has 0 aliphatic carbocycles. The first-order valence-corrected chi connectivity index (χ1v) is 7.09. The van der Waals surface area contributed by atoms with Gasteiger partial charge in [0.15, 0.2) is 0 Å². The summed E-state index contributed by atoms with van der Waals surface area (Å²) in [7, 11) is 0. The lowest BCUT2D eigenvalue weighted by atomic mass is 10.1. The van der Waals surface area contributed by atoms with Crippen LogP contribution in [0.3, 0.4) is 0 Å². The van der Waals surface area contributed by atoms with Gasteiger partial charge in [-0.25, -0.2) is 0 Å². The van der Waals surface area contributed by atoms with Crippen LogP contribution >= 0.6 is 0 Å². The average molecular weight is 270 g/mol. The van der Waals surface area contributed by atoms with Gasteiger partial charge in [-0.1, -0.05) is 29.8 Å². The molecule has 0 atom stereocenters. The first-order valence-electron chi connectivity index (χ1n) is 7.09. The zero-order valence-corrected chi connectivity index (χ0v) is 12.6. The molecule has 1 amide bonds. The molecule has 1 heterocycles. The van der Waals surface area contributed by atoms with Gasteiger partial charge in [0, 0.05) is 24.3 Å². The summed E-state index contributed by atoms with van der Waals surface area (Å²) in [4.78, 5) is 12.2. The van der Waals surface area contributed by atoms with E-state index < -0.39 is 0 Å². The molecule has 20 heavy (non-hydrogen) atoms. The van der Waals surface area contributed by atoms with Crippen LogP contribution in [0, 0.1) is 6.92 Å². The van der Waals surface area contributed by atoms with E-state index >= 15 is 0 Å². The van der Waals surface area contributed by atoms with E-state index in [0.717, 1.165) is 23.4 Å². The highest BCUT2D eigenvalue weighted by atomic mass is 16.2. The van der Waals surface area contributed by atoms with Crippen LogP contribution in [0.4, 0.5) is 0 Å². The lowest BCUT2D eigenvalue weighted by Crippen LogP contribution is -2.31. The quantitative estimate of drug-likeness (QED) is 0.904. The van der Waals surface area contributed by atoms with Crippen LogP contribution in [0.5, 0.6) is 0 Å². The van der Waals surface area contributed by atoms with E-state index in [-0.39, 0.29) is 11.9 Å². The van der Waals surface area contributed by atoms with Crippen molar-refractivity contribution in [3.8, 4) is 11.1 Å². The summed E-state index contributed by atoms with van der Waals surface area (Å²) in [6, 6.07) is 10.5. The molecule has 0 radical (unpaired) electrons. The van der Waals surface area contributed by atoms with E-state index in [0.29, 0.717) is 0 Å². The van der Waals surface area contributed by atoms with Crippen molar-refractivity contribution >= 4 is 5.91 Å². The molecule has 1 N–H and O–H groups in total. The highest BCUT2D eigenvalue weighted by Gasteiger charge is 2.14. The Bertz CT molecular complexity index is 594. The van der Waals surface area contributed by atoms with E-state index in [9.17, 15) is 4.79 Å². The van der Waals surface area contributed by atoms with Crippen LogP contribution in [0.15, 0.2) is 36.5 Å². The third-order valence-electron chi connectivity index (χ3n) is 3.27. The van der Waals surface area contributed by atoms with E-state index in [2.05, 4.69) is 36.5 Å². The Kier molecular flexibility index (Phi) is 4.28. The number of rotatable bonds is 4. The fourth-order valence-electron chi connectivity index (χ4n) is 2.20. The number of carbonyl (C=O) groups is 1. The normalized spacial score (nSPS) is 10.8. The SMILES string of the molecule is CCn1cc(-c2ccc(C)cc2)cc1C(=O)NC(C)C. The van der Waals surface area contributed by atoms with Crippen LogP contribution < -0.4 is 5.32 Å².